The summed E-state index contributed by atoms with van der Waals surface area (Å²) in [4.78, 5) is 21.7. The highest BCUT2D eigenvalue weighted by molar-refractivity contribution is 5.65. The van der Waals surface area contributed by atoms with Crippen molar-refractivity contribution in [2.75, 3.05) is 13.2 Å². The molecule has 1 aliphatic rings. The van der Waals surface area contributed by atoms with Crippen molar-refractivity contribution < 1.29 is 19.1 Å². The molecule has 0 aromatic carbocycles. The number of carbonyl (C=O) groups is 2. The van der Waals surface area contributed by atoms with E-state index in [4.69, 9.17) is 20.9 Å². The summed E-state index contributed by atoms with van der Waals surface area (Å²) in [5.74, 6) is 0.279. The lowest BCUT2D eigenvalue weighted by Crippen LogP contribution is -2.47. The maximum absolute atomic E-state index is 10.9. The predicted octanol–water partition coefficient (Wildman–Crippen LogP) is 1.79. The number of amides is 2. The Morgan fingerprint density at radius 1 is 1.26 bits per heavy atom. The third-order valence-electron chi connectivity index (χ3n) is 4.02. The minimum absolute atomic E-state index is 0.0925. The van der Waals surface area contributed by atoms with E-state index >= 15 is 0 Å². The zero-order valence-corrected chi connectivity index (χ0v) is 11.6. The quantitative estimate of drug-likeness (QED) is 0.759. The fraction of sp³-hybridized carbons (Fsp3) is 0.692. The second-order valence-corrected chi connectivity index (χ2v) is 5.36. The van der Waals surface area contributed by atoms with Crippen molar-refractivity contribution in [3.05, 3.63) is 11.6 Å². The van der Waals surface area contributed by atoms with Crippen LogP contribution in [0.5, 0.6) is 0 Å². The molecule has 1 rings (SSSR count). The van der Waals surface area contributed by atoms with Gasteiger partial charge in [-0.3, -0.25) is 0 Å². The molecule has 0 aromatic heterocycles. The van der Waals surface area contributed by atoms with Crippen LogP contribution in [0.2, 0.25) is 0 Å². The van der Waals surface area contributed by atoms with Crippen LogP contribution in [-0.2, 0) is 9.47 Å². The number of hydrogen-bond acceptors (Lipinski definition) is 4. The Labute approximate surface area is 113 Å². The first-order chi connectivity index (χ1) is 8.78. The van der Waals surface area contributed by atoms with Gasteiger partial charge in [-0.1, -0.05) is 25.5 Å². The molecule has 6 nitrogen and oxygen atoms in total. The van der Waals surface area contributed by atoms with E-state index in [9.17, 15) is 9.59 Å². The zero-order chi connectivity index (χ0) is 14.6. The van der Waals surface area contributed by atoms with Gasteiger partial charge in [0.1, 0.15) is 13.2 Å². The van der Waals surface area contributed by atoms with Crippen molar-refractivity contribution in [3.63, 3.8) is 0 Å². The van der Waals surface area contributed by atoms with Crippen molar-refractivity contribution in [2.24, 2.45) is 28.7 Å². The van der Waals surface area contributed by atoms with Gasteiger partial charge in [0.15, 0.2) is 0 Å². The van der Waals surface area contributed by atoms with Gasteiger partial charge in [-0.15, -0.1) is 0 Å². The summed E-state index contributed by atoms with van der Waals surface area (Å²) < 4.78 is 9.94. The van der Waals surface area contributed by atoms with Crippen LogP contribution >= 0.6 is 0 Å². The molecule has 0 bridgehead atoms. The Hall–Kier alpha value is -1.72. The van der Waals surface area contributed by atoms with E-state index in [2.05, 4.69) is 13.0 Å². The number of rotatable bonds is 4. The first-order valence-corrected chi connectivity index (χ1v) is 6.29. The Morgan fingerprint density at radius 2 is 1.74 bits per heavy atom. The van der Waals surface area contributed by atoms with Crippen molar-refractivity contribution in [2.45, 2.75) is 27.2 Å². The molecule has 6 heteroatoms. The molecule has 0 heterocycles. The highest BCUT2D eigenvalue weighted by Gasteiger charge is 2.45. The topological polar surface area (TPSA) is 105 Å². The molecular weight excluding hydrogens is 248 g/mol. The van der Waals surface area contributed by atoms with Gasteiger partial charge in [-0.05, 0) is 25.2 Å². The van der Waals surface area contributed by atoms with Gasteiger partial charge >= 0.3 is 12.2 Å². The van der Waals surface area contributed by atoms with Crippen LogP contribution in [0.4, 0.5) is 9.59 Å². The molecule has 0 aliphatic heterocycles. The molecule has 0 spiro atoms. The molecule has 19 heavy (non-hydrogen) atoms. The SMILES string of the molecule is CC1=C[C@@H](C)C(COC(N)=O)(COC(N)=O)[C@H](C)C1. The molecule has 1 aliphatic carbocycles. The molecule has 0 saturated heterocycles. The first kappa shape index (κ1) is 15.3. The van der Waals surface area contributed by atoms with E-state index < -0.39 is 17.6 Å². The van der Waals surface area contributed by atoms with Crippen LogP contribution in [-0.4, -0.2) is 25.4 Å². The molecule has 2 atom stereocenters. The number of ether oxygens (including phenoxy) is 2. The standard InChI is InChI=1S/C13H22N2O4/c1-8-4-9(2)13(10(3)5-8,6-18-11(14)16)7-19-12(15)17/h4,9-10H,5-7H2,1-3H3,(H2,14,16)(H2,15,17)/t9-,10-/m1/s1. The molecule has 108 valence electrons. The third kappa shape index (κ3) is 3.62. The molecular formula is C13H22N2O4. The summed E-state index contributed by atoms with van der Waals surface area (Å²) in [6.45, 7) is 6.33. The lowest BCUT2D eigenvalue weighted by atomic mass is 9.63. The zero-order valence-electron chi connectivity index (χ0n) is 11.6. The third-order valence-corrected chi connectivity index (χ3v) is 4.02. The molecule has 0 fully saturated rings. The number of nitrogens with two attached hydrogens (primary N) is 2. The number of allylic oxidation sites excluding steroid dienone is 2. The second kappa shape index (κ2) is 5.95. The van der Waals surface area contributed by atoms with Crippen LogP contribution < -0.4 is 11.5 Å². The van der Waals surface area contributed by atoms with Gasteiger partial charge in [0.05, 0.1) is 0 Å². The van der Waals surface area contributed by atoms with Gasteiger partial charge in [0, 0.05) is 5.41 Å². The summed E-state index contributed by atoms with van der Waals surface area (Å²) in [6.07, 6.45) is 1.30. The van der Waals surface area contributed by atoms with Crippen molar-refractivity contribution in [3.8, 4) is 0 Å². The fourth-order valence-corrected chi connectivity index (χ4v) is 2.80. The van der Waals surface area contributed by atoms with Crippen LogP contribution in [0.25, 0.3) is 0 Å². The van der Waals surface area contributed by atoms with Crippen molar-refractivity contribution in [1.29, 1.82) is 0 Å². The first-order valence-electron chi connectivity index (χ1n) is 6.29. The highest BCUT2D eigenvalue weighted by atomic mass is 16.6. The lowest BCUT2D eigenvalue weighted by Gasteiger charge is -2.44. The maximum atomic E-state index is 10.9. The number of hydrogen-bond donors (Lipinski definition) is 2. The summed E-state index contributed by atoms with van der Waals surface area (Å²) in [6, 6.07) is 0. The van der Waals surface area contributed by atoms with Crippen LogP contribution in [0.15, 0.2) is 11.6 Å². The molecule has 4 N–H and O–H groups in total. The van der Waals surface area contributed by atoms with Crippen LogP contribution in [0.1, 0.15) is 27.2 Å². The summed E-state index contributed by atoms with van der Waals surface area (Å²) in [5, 5.41) is 0. The summed E-state index contributed by atoms with van der Waals surface area (Å²) in [7, 11) is 0. The molecule has 0 radical (unpaired) electrons. The monoisotopic (exact) mass is 270 g/mol. The van der Waals surface area contributed by atoms with E-state index in [-0.39, 0.29) is 25.0 Å². The Morgan fingerprint density at radius 3 is 2.11 bits per heavy atom. The molecule has 0 saturated carbocycles. The van der Waals surface area contributed by atoms with Crippen molar-refractivity contribution >= 4 is 12.2 Å². The minimum Gasteiger partial charge on any atom is -0.449 e. The van der Waals surface area contributed by atoms with Crippen LogP contribution in [0.3, 0.4) is 0 Å². The Bertz CT molecular complexity index is 374. The lowest BCUT2D eigenvalue weighted by molar-refractivity contribution is -0.0330. The van der Waals surface area contributed by atoms with E-state index in [0.717, 1.165) is 6.42 Å². The van der Waals surface area contributed by atoms with E-state index in [1.54, 1.807) is 0 Å². The van der Waals surface area contributed by atoms with Crippen LogP contribution in [0, 0.1) is 17.3 Å². The normalized spacial score (nSPS) is 25.3. The summed E-state index contributed by atoms with van der Waals surface area (Å²) >= 11 is 0. The van der Waals surface area contributed by atoms with E-state index in [0.29, 0.717) is 0 Å². The second-order valence-electron chi connectivity index (χ2n) is 5.36. The predicted molar refractivity (Wildman–Crippen MR) is 70.2 cm³/mol. The van der Waals surface area contributed by atoms with Gasteiger partial charge in [-0.2, -0.15) is 0 Å². The minimum atomic E-state index is -0.830. The van der Waals surface area contributed by atoms with E-state index in [1.807, 2.05) is 13.8 Å². The fourth-order valence-electron chi connectivity index (χ4n) is 2.80. The van der Waals surface area contributed by atoms with Gasteiger partial charge in [-0.25, -0.2) is 9.59 Å². The van der Waals surface area contributed by atoms with Gasteiger partial charge in [0.2, 0.25) is 0 Å². The molecule has 0 unspecified atom stereocenters. The average molecular weight is 270 g/mol. The van der Waals surface area contributed by atoms with Gasteiger partial charge < -0.3 is 20.9 Å². The molecule has 2 amide bonds. The maximum Gasteiger partial charge on any atom is 0.404 e. The Kier molecular flexibility index (Phi) is 4.80. The smallest absolute Gasteiger partial charge is 0.404 e. The largest absolute Gasteiger partial charge is 0.449 e. The number of carbonyl (C=O) groups excluding carboxylic acids is 2. The highest BCUT2D eigenvalue weighted by Crippen LogP contribution is 2.44. The number of primary amides is 2. The summed E-state index contributed by atoms with van der Waals surface area (Å²) in [5.41, 5.74) is 10.9. The molecule has 0 aromatic rings. The average Bonchev–Trinajstić information content (AvgIpc) is 2.26. The Balaban J connectivity index is 2.95. The van der Waals surface area contributed by atoms with Crippen molar-refractivity contribution in [1.82, 2.24) is 0 Å². The van der Waals surface area contributed by atoms with Gasteiger partial charge in [0.25, 0.3) is 0 Å². The van der Waals surface area contributed by atoms with E-state index in [1.165, 1.54) is 5.57 Å².